The summed E-state index contributed by atoms with van der Waals surface area (Å²) in [5.41, 5.74) is 1.18. The van der Waals surface area contributed by atoms with Crippen molar-refractivity contribution in [1.82, 2.24) is 25.0 Å². The zero-order chi connectivity index (χ0) is 18.6. The lowest BCUT2D eigenvalue weighted by atomic mass is 10.3. The Bertz CT molecular complexity index is 809. The van der Waals surface area contributed by atoms with Gasteiger partial charge < -0.3 is 0 Å². The summed E-state index contributed by atoms with van der Waals surface area (Å²) in [6.45, 7) is 0.760. The molecule has 10 nitrogen and oxygen atoms in total. The first kappa shape index (κ1) is 18.1. The molecule has 0 unspecified atom stereocenters. The number of rotatable bonds is 6. The van der Waals surface area contributed by atoms with Crippen LogP contribution in [0.4, 0.5) is 18.9 Å². The van der Waals surface area contributed by atoms with Crippen molar-refractivity contribution in [3.63, 3.8) is 0 Å². The lowest BCUT2D eigenvalue weighted by molar-refractivity contribution is -0.385. The number of aryl methyl sites for hydroxylation is 1. The molecule has 1 N–H and O–H groups in total. The fraction of sp³-hybridized carbons (Fsp3) is 0.333. The van der Waals surface area contributed by atoms with Gasteiger partial charge in [-0.15, -0.1) is 0 Å². The van der Waals surface area contributed by atoms with Gasteiger partial charge in [0.1, 0.15) is 18.4 Å². The Hall–Kier alpha value is -3.25. The average molecular weight is 359 g/mol. The molecule has 0 aromatic carbocycles. The summed E-state index contributed by atoms with van der Waals surface area (Å²) in [7, 11) is 0. The molecule has 0 aliphatic heterocycles. The van der Waals surface area contributed by atoms with E-state index in [0.717, 1.165) is 18.6 Å². The minimum atomic E-state index is -4.41. The summed E-state index contributed by atoms with van der Waals surface area (Å²) in [4.78, 5) is 22.0. The molecule has 13 heteroatoms. The zero-order valence-corrected chi connectivity index (χ0v) is 12.8. The number of carbonyl (C=O) groups is 1. The van der Waals surface area contributed by atoms with Crippen LogP contribution in [0.15, 0.2) is 23.6 Å². The molecule has 2 aromatic rings. The summed E-state index contributed by atoms with van der Waals surface area (Å²) in [6.07, 6.45) is -1.19. The maximum atomic E-state index is 12.2. The van der Waals surface area contributed by atoms with E-state index in [2.05, 4.69) is 15.3 Å². The lowest BCUT2D eigenvalue weighted by Crippen LogP contribution is -2.20. The van der Waals surface area contributed by atoms with Crippen LogP contribution in [-0.4, -0.2) is 42.8 Å². The van der Waals surface area contributed by atoms with Crippen LogP contribution in [0, 0.1) is 10.1 Å². The molecule has 2 aromatic heterocycles. The molecular weight excluding hydrogens is 347 g/mol. The number of nitrogens with one attached hydrogen (secondary N) is 1. The highest BCUT2D eigenvalue weighted by Crippen LogP contribution is 2.17. The van der Waals surface area contributed by atoms with Crippen molar-refractivity contribution in [2.45, 2.75) is 26.2 Å². The summed E-state index contributed by atoms with van der Waals surface area (Å²) in [5, 5.41) is 21.8. The van der Waals surface area contributed by atoms with E-state index < -0.39 is 34.9 Å². The van der Waals surface area contributed by atoms with E-state index in [-0.39, 0.29) is 5.69 Å². The molecule has 0 bridgehead atoms. The van der Waals surface area contributed by atoms with Gasteiger partial charge in [-0.25, -0.2) is 5.43 Å². The third-order valence-electron chi connectivity index (χ3n) is 2.84. The molecule has 1 amide bonds. The topological polar surface area (TPSA) is 120 Å². The number of halogens is 3. The van der Waals surface area contributed by atoms with Gasteiger partial charge >= 0.3 is 11.9 Å². The number of carbonyl (C=O) groups excluding carboxylic acids is 1. The number of hydrogen-bond donors (Lipinski definition) is 1. The first-order valence-corrected chi connectivity index (χ1v) is 6.85. The van der Waals surface area contributed by atoms with E-state index in [4.69, 9.17) is 0 Å². The van der Waals surface area contributed by atoms with Gasteiger partial charge in [-0.2, -0.15) is 28.5 Å². The van der Waals surface area contributed by atoms with E-state index in [0.29, 0.717) is 11.2 Å². The van der Waals surface area contributed by atoms with E-state index in [9.17, 15) is 28.1 Å². The maximum absolute atomic E-state index is 12.2. The molecule has 25 heavy (non-hydrogen) atoms. The Kier molecular flexibility index (Phi) is 5.14. The molecule has 134 valence electrons. The van der Waals surface area contributed by atoms with Crippen LogP contribution in [0.5, 0.6) is 0 Å². The van der Waals surface area contributed by atoms with E-state index >= 15 is 0 Å². The first-order chi connectivity index (χ1) is 11.7. The van der Waals surface area contributed by atoms with Gasteiger partial charge in [0.2, 0.25) is 5.69 Å². The van der Waals surface area contributed by atoms with Crippen molar-refractivity contribution in [2.75, 3.05) is 0 Å². The van der Waals surface area contributed by atoms with Gasteiger partial charge in [0.25, 0.3) is 5.91 Å². The minimum absolute atomic E-state index is 0.0677. The lowest BCUT2D eigenvalue weighted by Gasteiger charge is -2.04. The van der Waals surface area contributed by atoms with Gasteiger partial charge in [0.05, 0.1) is 11.1 Å². The minimum Gasteiger partial charge on any atom is -0.265 e. The number of nitrogens with zero attached hydrogens (tertiary/aromatic N) is 6. The average Bonchev–Trinajstić information content (AvgIpc) is 3.12. The van der Waals surface area contributed by atoms with Crippen molar-refractivity contribution in [1.29, 1.82) is 0 Å². The molecule has 0 fully saturated rings. The number of aromatic nitrogens is 4. The van der Waals surface area contributed by atoms with Crippen LogP contribution in [0.3, 0.4) is 0 Å². The third kappa shape index (κ3) is 4.86. The second-order valence-electron chi connectivity index (χ2n) is 4.73. The fourth-order valence-corrected chi connectivity index (χ4v) is 1.80. The van der Waals surface area contributed by atoms with E-state index in [1.54, 1.807) is 6.92 Å². The standard InChI is InChI=1S/C12H12F3N7O3/c1-2-20-6-9(22(24)25)10(19-20)11(23)17-16-5-8-3-4-21(18-8)7-12(13,14)15/h3-6H,2,7H2,1H3,(H,17,23)/b16-5-. The predicted molar refractivity (Wildman–Crippen MR) is 77.9 cm³/mol. The van der Waals surface area contributed by atoms with Crippen molar-refractivity contribution < 1.29 is 22.9 Å². The Labute approximate surface area is 138 Å². The van der Waals surface area contributed by atoms with Crippen molar-refractivity contribution in [3.8, 4) is 0 Å². The smallest absolute Gasteiger partial charge is 0.265 e. The Morgan fingerprint density at radius 1 is 1.44 bits per heavy atom. The molecule has 0 aliphatic carbocycles. The molecule has 2 rings (SSSR count). The Morgan fingerprint density at radius 3 is 2.76 bits per heavy atom. The third-order valence-corrected chi connectivity index (χ3v) is 2.84. The second kappa shape index (κ2) is 7.11. The van der Waals surface area contributed by atoms with Crippen molar-refractivity contribution in [2.24, 2.45) is 5.10 Å². The van der Waals surface area contributed by atoms with Crippen LogP contribution in [0.1, 0.15) is 23.1 Å². The highest BCUT2D eigenvalue weighted by atomic mass is 19.4. The highest BCUT2D eigenvalue weighted by molar-refractivity contribution is 5.96. The molecule has 0 saturated carbocycles. The number of nitro groups is 1. The number of hydrogen-bond acceptors (Lipinski definition) is 6. The molecule has 0 radical (unpaired) electrons. The largest absolute Gasteiger partial charge is 0.408 e. The highest BCUT2D eigenvalue weighted by Gasteiger charge is 2.28. The van der Waals surface area contributed by atoms with Gasteiger partial charge in [-0.05, 0) is 13.0 Å². The summed E-state index contributed by atoms with van der Waals surface area (Å²) < 4.78 is 38.5. The van der Waals surface area contributed by atoms with Crippen LogP contribution >= 0.6 is 0 Å². The van der Waals surface area contributed by atoms with Gasteiger partial charge in [0, 0.05) is 12.7 Å². The number of hydrazone groups is 1. The Morgan fingerprint density at radius 2 is 2.16 bits per heavy atom. The van der Waals surface area contributed by atoms with Crippen LogP contribution in [0.2, 0.25) is 0 Å². The summed E-state index contributed by atoms with van der Waals surface area (Å²) in [6, 6.07) is 1.26. The zero-order valence-electron chi connectivity index (χ0n) is 12.8. The van der Waals surface area contributed by atoms with Crippen LogP contribution in [-0.2, 0) is 13.1 Å². The predicted octanol–water partition coefficient (Wildman–Crippen LogP) is 1.33. The van der Waals surface area contributed by atoms with Gasteiger partial charge in [0.15, 0.2) is 0 Å². The van der Waals surface area contributed by atoms with Gasteiger partial charge in [-0.1, -0.05) is 0 Å². The van der Waals surface area contributed by atoms with Crippen molar-refractivity contribution >= 4 is 17.8 Å². The quantitative estimate of drug-likeness (QED) is 0.474. The monoisotopic (exact) mass is 359 g/mol. The van der Waals surface area contributed by atoms with Gasteiger partial charge in [-0.3, -0.25) is 24.3 Å². The van der Waals surface area contributed by atoms with Crippen molar-refractivity contribution in [3.05, 3.63) is 40.0 Å². The van der Waals surface area contributed by atoms with Crippen LogP contribution in [0.25, 0.3) is 0 Å². The molecule has 0 aliphatic rings. The number of amides is 1. The fourth-order valence-electron chi connectivity index (χ4n) is 1.80. The van der Waals surface area contributed by atoms with E-state index in [1.165, 1.54) is 10.7 Å². The number of alkyl halides is 3. The molecular formula is C12H12F3N7O3. The maximum Gasteiger partial charge on any atom is 0.408 e. The Balaban J connectivity index is 2.04. The summed E-state index contributed by atoms with van der Waals surface area (Å²) >= 11 is 0. The molecule has 0 spiro atoms. The normalized spacial score (nSPS) is 11.8. The summed E-state index contributed by atoms with van der Waals surface area (Å²) in [5.74, 6) is -0.926. The molecule has 0 saturated heterocycles. The molecule has 2 heterocycles. The van der Waals surface area contributed by atoms with Crippen LogP contribution < -0.4 is 5.43 Å². The SMILES string of the molecule is CCn1cc([N+](=O)[O-])c(C(=O)N/N=C\c2ccn(CC(F)(F)F)n2)n1. The molecule has 0 atom stereocenters. The van der Waals surface area contributed by atoms with E-state index in [1.807, 2.05) is 5.43 Å². The first-order valence-electron chi connectivity index (χ1n) is 6.85. The second-order valence-corrected chi connectivity index (χ2v) is 4.73.